The van der Waals surface area contributed by atoms with Crippen molar-refractivity contribution >= 4 is 16.8 Å². The molecule has 1 N–H and O–H groups in total. The van der Waals surface area contributed by atoms with Crippen molar-refractivity contribution in [1.29, 1.82) is 0 Å². The number of piperidine rings is 1. The molecule has 37 heavy (non-hydrogen) atoms. The molecule has 1 fully saturated rings. The number of H-pyrrole nitrogens is 1. The third-order valence-corrected chi connectivity index (χ3v) is 8.62. The van der Waals surface area contributed by atoms with E-state index in [1.807, 2.05) is 18.3 Å². The van der Waals surface area contributed by atoms with Crippen molar-refractivity contribution in [3.8, 4) is 5.75 Å². The molecule has 5 heteroatoms. The summed E-state index contributed by atoms with van der Waals surface area (Å²) in [7, 11) is 0. The number of ether oxygens (including phenoxy) is 1. The van der Waals surface area contributed by atoms with Gasteiger partial charge in [-0.1, -0.05) is 56.2 Å². The van der Waals surface area contributed by atoms with E-state index in [2.05, 4.69) is 58.1 Å². The monoisotopic (exact) mass is 501 g/mol. The first kappa shape index (κ1) is 25.8. The lowest BCUT2D eigenvalue weighted by molar-refractivity contribution is -0.133. The van der Waals surface area contributed by atoms with Gasteiger partial charge in [-0.15, -0.1) is 0 Å². The summed E-state index contributed by atoms with van der Waals surface area (Å²) < 4.78 is 6.28. The van der Waals surface area contributed by atoms with Crippen LogP contribution in [0.5, 0.6) is 5.75 Å². The highest BCUT2D eigenvalue weighted by molar-refractivity contribution is 5.88. The standard InChI is InChI=1S/C32H43N3O2/c1-2-3-18-34-21-22-37-30-14-7-4-10-26(30)11-8-9-15-32(25-34)16-19-35(20-17-32)31(36)23-27-24-33-29-13-6-5-12-28(27)29/h4-7,10,12-14,24,33H,2-3,8-9,11,15-23,25H2,1H3. The van der Waals surface area contributed by atoms with Gasteiger partial charge in [0, 0.05) is 43.3 Å². The summed E-state index contributed by atoms with van der Waals surface area (Å²) in [5, 5.41) is 1.17. The molecule has 3 aromatic rings. The molecule has 1 saturated heterocycles. The summed E-state index contributed by atoms with van der Waals surface area (Å²) in [5.74, 6) is 1.33. The zero-order valence-corrected chi connectivity index (χ0v) is 22.5. The number of hydrogen-bond acceptors (Lipinski definition) is 3. The first-order chi connectivity index (χ1) is 18.2. The lowest BCUT2D eigenvalue weighted by Crippen LogP contribution is -2.49. The van der Waals surface area contributed by atoms with E-state index in [4.69, 9.17) is 4.74 Å². The molecular weight excluding hydrogens is 458 g/mol. The van der Waals surface area contributed by atoms with Gasteiger partial charge in [-0.25, -0.2) is 0 Å². The van der Waals surface area contributed by atoms with Crippen LogP contribution in [0, 0.1) is 5.41 Å². The van der Waals surface area contributed by atoms with Crippen LogP contribution in [0.2, 0.25) is 0 Å². The van der Waals surface area contributed by atoms with Crippen molar-refractivity contribution in [1.82, 2.24) is 14.8 Å². The Bertz CT molecular complexity index is 1160. The van der Waals surface area contributed by atoms with Gasteiger partial charge in [0.2, 0.25) is 5.91 Å². The second kappa shape index (κ2) is 12.2. The first-order valence-corrected chi connectivity index (χ1v) is 14.4. The van der Waals surface area contributed by atoms with Crippen molar-refractivity contribution in [3.05, 3.63) is 65.9 Å². The molecule has 3 heterocycles. The molecule has 1 aromatic heterocycles. The second-order valence-electron chi connectivity index (χ2n) is 11.2. The predicted octanol–water partition coefficient (Wildman–Crippen LogP) is 6.23. The van der Waals surface area contributed by atoms with Gasteiger partial charge in [0.15, 0.2) is 0 Å². The van der Waals surface area contributed by atoms with Crippen molar-refractivity contribution in [2.45, 2.75) is 64.7 Å². The van der Waals surface area contributed by atoms with E-state index in [0.29, 0.717) is 11.8 Å². The molecule has 198 valence electrons. The maximum atomic E-state index is 13.3. The van der Waals surface area contributed by atoms with Crippen molar-refractivity contribution in [2.75, 3.05) is 39.3 Å². The summed E-state index contributed by atoms with van der Waals surface area (Å²) in [4.78, 5) is 21.4. The van der Waals surface area contributed by atoms with Crippen LogP contribution < -0.4 is 4.74 Å². The quantitative estimate of drug-likeness (QED) is 0.451. The molecule has 2 aliphatic heterocycles. The van der Waals surface area contributed by atoms with Crippen LogP contribution in [0.3, 0.4) is 0 Å². The molecule has 0 saturated carbocycles. The number of nitrogens with one attached hydrogen (secondary N) is 1. The normalized spacial score (nSPS) is 19.1. The summed E-state index contributed by atoms with van der Waals surface area (Å²) in [6.07, 6.45) is 11.9. The van der Waals surface area contributed by atoms with Crippen LogP contribution >= 0.6 is 0 Å². The van der Waals surface area contributed by atoms with Gasteiger partial charge in [-0.2, -0.15) is 0 Å². The predicted molar refractivity (Wildman–Crippen MR) is 151 cm³/mol. The minimum absolute atomic E-state index is 0.264. The molecule has 2 aliphatic rings. The van der Waals surface area contributed by atoms with E-state index in [-0.39, 0.29) is 5.91 Å². The van der Waals surface area contributed by atoms with Crippen LogP contribution in [0.25, 0.3) is 10.9 Å². The Hall–Kier alpha value is -2.79. The Morgan fingerprint density at radius 1 is 1.00 bits per heavy atom. The average molecular weight is 502 g/mol. The Labute approximate surface area is 222 Å². The van der Waals surface area contributed by atoms with E-state index >= 15 is 0 Å². The molecule has 0 atom stereocenters. The number of aromatic nitrogens is 1. The number of nitrogens with zero attached hydrogens (tertiary/aromatic N) is 2. The number of hydrogen-bond donors (Lipinski definition) is 1. The smallest absolute Gasteiger partial charge is 0.227 e. The molecule has 1 amide bonds. The van der Waals surface area contributed by atoms with Crippen molar-refractivity contribution in [3.63, 3.8) is 0 Å². The number of unbranched alkanes of at least 4 members (excludes halogenated alkanes) is 1. The highest BCUT2D eigenvalue weighted by Gasteiger charge is 2.37. The SMILES string of the molecule is CCCCN1CCOc2ccccc2CCCCC2(CCN(C(=O)Cc3c[nH]c4ccccc34)CC2)C1. The van der Waals surface area contributed by atoms with Gasteiger partial charge in [0.25, 0.3) is 0 Å². The molecule has 5 rings (SSSR count). The van der Waals surface area contributed by atoms with Crippen LogP contribution in [-0.4, -0.2) is 60.0 Å². The van der Waals surface area contributed by atoms with Crippen LogP contribution in [0.1, 0.15) is 63.0 Å². The number of aromatic amines is 1. The molecule has 1 spiro atoms. The molecule has 0 aliphatic carbocycles. The Balaban J connectivity index is 1.24. The van der Waals surface area contributed by atoms with Crippen molar-refractivity contribution < 1.29 is 9.53 Å². The Kier molecular flexibility index (Phi) is 8.50. The Morgan fingerprint density at radius 2 is 1.81 bits per heavy atom. The zero-order valence-electron chi connectivity index (χ0n) is 22.5. The minimum atomic E-state index is 0.264. The largest absolute Gasteiger partial charge is 0.492 e. The Morgan fingerprint density at radius 3 is 2.68 bits per heavy atom. The van der Waals surface area contributed by atoms with E-state index in [1.54, 1.807) is 0 Å². The van der Waals surface area contributed by atoms with E-state index in [1.165, 1.54) is 43.1 Å². The second-order valence-corrected chi connectivity index (χ2v) is 11.2. The molecule has 0 bridgehead atoms. The number of benzene rings is 2. The van der Waals surface area contributed by atoms with Gasteiger partial charge in [0.05, 0.1) is 6.42 Å². The number of amides is 1. The lowest BCUT2D eigenvalue weighted by Gasteiger charge is -2.45. The third kappa shape index (κ3) is 6.38. The fourth-order valence-electron chi connectivity index (χ4n) is 6.35. The number of carbonyl (C=O) groups is 1. The van der Waals surface area contributed by atoms with Gasteiger partial charge in [-0.05, 0) is 73.7 Å². The van der Waals surface area contributed by atoms with Crippen LogP contribution in [0.15, 0.2) is 54.7 Å². The van der Waals surface area contributed by atoms with E-state index < -0.39 is 0 Å². The number of fused-ring (bicyclic) bond motifs is 2. The van der Waals surface area contributed by atoms with Gasteiger partial charge in [-0.3, -0.25) is 9.69 Å². The summed E-state index contributed by atoms with van der Waals surface area (Å²) >= 11 is 0. The zero-order chi connectivity index (χ0) is 25.5. The maximum absolute atomic E-state index is 13.3. The molecular formula is C32H43N3O2. The van der Waals surface area contributed by atoms with Crippen molar-refractivity contribution in [2.24, 2.45) is 5.41 Å². The average Bonchev–Trinajstić information content (AvgIpc) is 3.33. The molecule has 0 unspecified atom stereocenters. The number of likely N-dealkylation sites (tertiary alicyclic amines) is 1. The number of para-hydroxylation sites is 2. The van der Waals surface area contributed by atoms with Crippen LogP contribution in [-0.2, 0) is 17.6 Å². The van der Waals surface area contributed by atoms with E-state index in [9.17, 15) is 4.79 Å². The fourth-order valence-corrected chi connectivity index (χ4v) is 6.35. The van der Waals surface area contributed by atoms with Gasteiger partial charge in [0.1, 0.15) is 12.4 Å². The van der Waals surface area contributed by atoms with Gasteiger partial charge < -0.3 is 14.6 Å². The highest BCUT2D eigenvalue weighted by atomic mass is 16.5. The van der Waals surface area contributed by atoms with Crippen LogP contribution in [0.4, 0.5) is 0 Å². The fraction of sp³-hybridized carbons (Fsp3) is 0.531. The lowest BCUT2D eigenvalue weighted by atomic mass is 9.73. The summed E-state index contributed by atoms with van der Waals surface area (Å²) in [5.41, 5.74) is 3.85. The minimum Gasteiger partial charge on any atom is -0.492 e. The molecule has 5 nitrogen and oxygen atoms in total. The maximum Gasteiger partial charge on any atom is 0.227 e. The van der Waals surface area contributed by atoms with E-state index in [0.717, 1.165) is 75.4 Å². The number of rotatable bonds is 5. The number of carbonyl (C=O) groups excluding carboxylic acids is 1. The number of aryl methyl sites for hydroxylation is 1. The molecule has 2 aromatic carbocycles. The first-order valence-electron chi connectivity index (χ1n) is 14.4. The topological polar surface area (TPSA) is 48.6 Å². The van der Waals surface area contributed by atoms with Gasteiger partial charge >= 0.3 is 0 Å². The third-order valence-electron chi connectivity index (χ3n) is 8.62. The summed E-state index contributed by atoms with van der Waals surface area (Å²) in [6, 6.07) is 16.8. The molecule has 0 radical (unpaired) electrons. The highest BCUT2D eigenvalue weighted by Crippen LogP contribution is 2.38. The summed E-state index contributed by atoms with van der Waals surface area (Å²) in [6.45, 7) is 8.00.